The normalized spacial score (nSPS) is 27.1. The molecule has 1 rings (SSSR count). The van der Waals surface area contributed by atoms with Gasteiger partial charge in [-0.15, -0.1) is 0 Å². The predicted octanol–water partition coefficient (Wildman–Crippen LogP) is 0.0548. The first-order chi connectivity index (χ1) is 7.83. The molecular formula is C11H22N2O3S. The number of hydrogen-bond donors (Lipinski definition) is 2. The van der Waals surface area contributed by atoms with Crippen molar-refractivity contribution in [2.75, 3.05) is 18.1 Å². The zero-order valence-corrected chi connectivity index (χ0v) is 11.3. The Morgan fingerprint density at radius 1 is 1.53 bits per heavy atom. The van der Waals surface area contributed by atoms with E-state index in [9.17, 15) is 13.2 Å². The predicted molar refractivity (Wildman–Crippen MR) is 67.3 cm³/mol. The van der Waals surface area contributed by atoms with Gasteiger partial charge in [-0.25, -0.2) is 8.42 Å². The first-order valence-corrected chi connectivity index (χ1v) is 7.86. The second-order valence-electron chi connectivity index (χ2n) is 5.05. The van der Waals surface area contributed by atoms with Crippen LogP contribution in [0.3, 0.4) is 0 Å². The number of carbonyl (C=O) groups is 1. The van der Waals surface area contributed by atoms with Gasteiger partial charge in [0.05, 0.1) is 16.9 Å². The highest BCUT2D eigenvalue weighted by Gasteiger charge is 2.33. The van der Waals surface area contributed by atoms with E-state index in [0.29, 0.717) is 12.8 Å². The van der Waals surface area contributed by atoms with Gasteiger partial charge >= 0.3 is 0 Å². The summed E-state index contributed by atoms with van der Waals surface area (Å²) in [6, 6.07) is -0.251. The lowest BCUT2D eigenvalue weighted by Crippen LogP contribution is -2.50. The zero-order chi connectivity index (χ0) is 13.1. The third-order valence-corrected chi connectivity index (χ3v) is 5.40. The topological polar surface area (TPSA) is 89.3 Å². The van der Waals surface area contributed by atoms with E-state index in [4.69, 9.17) is 5.73 Å². The van der Waals surface area contributed by atoms with Crippen LogP contribution in [0.15, 0.2) is 0 Å². The third-order valence-electron chi connectivity index (χ3n) is 3.58. The second kappa shape index (κ2) is 5.35. The summed E-state index contributed by atoms with van der Waals surface area (Å²) in [4.78, 5) is 12.0. The lowest BCUT2D eigenvalue weighted by molar-refractivity contribution is -0.130. The molecule has 6 heteroatoms. The highest BCUT2D eigenvalue weighted by Crippen LogP contribution is 2.21. The van der Waals surface area contributed by atoms with Crippen LogP contribution >= 0.6 is 0 Å². The molecule has 0 aromatic rings. The van der Waals surface area contributed by atoms with Crippen LogP contribution < -0.4 is 11.1 Å². The van der Waals surface area contributed by atoms with Crippen molar-refractivity contribution >= 4 is 15.7 Å². The van der Waals surface area contributed by atoms with E-state index < -0.39 is 15.3 Å². The maximum atomic E-state index is 12.0. The molecule has 1 aliphatic heterocycles. The standard InChI is InChI=1S/C11H22N2O3S/c1-3-11(2,8-12)10(14)13-9-5-4-6-17(15,16)7-9/h9H,3-8,12H2,1-2H3,(H,13,14). The van der Waals surface area contributed by atoms with Gasteiger partial charge in [-0.05, 0) is 26.2 Å². The van der Waals surface area contributed by atoms with Gasteiger partial charge in [-0.2, -0.15) is 0 Å². The highest BCUT2D eigenvalue weighted by atomic mass is 32.2. The van der Waals surface area contributed by atoms with Crippen LogP contribution in [-0.4, -0.2) is 38.4 Å². The molecule has 0 saturated carbocycles. The molecule has 1 fully saturated rings. The van der Waals surface area contributed by atoms with Gasteiger partial charge in [0.15, 0.2) is 9.84 Å². The number of nitrogens with two attached hydrogens (primary N) is 1. The Hall–Kier alpha value is -0.620. The number of hydrogen-bond acceptors (Lipinski definition) is 4. The molecule has 0 spiro atoms. The number of carbonyl (C=O) groups excluding carboxylic acids is 1. The van der Waals surface area contributed by atoms with Crippen molar-refractivity contribution in [3.05, 3.63) is 0 Å². The van der Waals surface area contributed by atoms with Gasteiger partial charge in [-0.1, -0.05) is 6.92 Å². The van der Waals surface area contributed by atoms with Crippen LogP contribution in [0.1, 0.15) is 33.1 Å². The van der Waals surface area contributed by atoms with E-state index in [0.717, 1.165) is 6.42 Å². The lowest BCUT2D eigenvalue weighted by atomic mass is 9.86. The third kappa shape index (κ3) is 3.67. The van der Waals surface area contributed by atoms with Gasteiger partial charge < -0.3 is 11.1 Å². The summed E-state index contributed by atoms with van der Waals surface area (Å²) >= 11 is 0. The Morgan fingerprint density at radius 3 is 2.65 bits per heavy atom. The van der Waals surface area contributed by atoms with Crippen molar-refractivity contribution in [1.82, 2.24) is 5.32 Å². The maximum absolute atomic E-state index is 12.0. The maximum Gasteiger partial charge on any atom is 0.227 e. The van der Waals surface area contributed by atoms with Gasteiger partial charge in [0.1, 0.15) is 0 Å². The largest absolute Gasteiger partial charge is 0.352 e. The van der Waals surface area contributed by atoms with Crippen LogP contribution in [0.5, 0.6) is 0 Å². The van der Waals surface area contributed by atoms with Crippen molar-refractivity contribution in [3.63, 3.8) is 0 Å². The Kier molecular flexibility index (Phi) is 4.55. The molecule has 0 aliphatic carbocycles. The summed E-state index contributed by atoms with van der Waals surface area (Å²) in [7, 11) is -2.98. The Morgan fingerprint density at radius 2 is 2.18 bits per heavy atom. The fraction of sp³-hybridized carbons (Fsp3) is 0.909. The van der Waals surface area contributed by atoms with Crippen LogP contribution in [0, 0.1) is 5.41 Å². The molecule has 1 aliphatic rings. The monoisotopic (exact) mass is 262 g/mol. The molecule has 5 nitrogen and oxygen atoms in total. The number of nitrogens with one attached hydrogen (secondary N) is 1. The van der Waals surface area contributed by atoms with Crippen molar-refractivity contribution in [2.45, 2.75) is 39.2 Å². The molecule has 2 atom stereocenters. The molecule has 1 heterocycles. The molecule has 0 aromatic heterocycles. The molecule has 1 amide bonds. The van der Waals surface area contributed by atoms with Crippen LogP contribution in [0.4, 0.5) is 0 Å². The summed E-state index contributed by atoms with van der Waals surface area (Å²) in [5, 5.41) is 2.82. The summed E-state index contributed by atoms with van der Waals surface area (Å²) in [5.41, 5.74) is 5.00. The van der Waals surface area contributed by atoms with Gasteiger partial charge in [0.25, 0.3) is 0 Å². The summed E-state index contributed by atoms with van der Waals surface area (Å²) in [6.07, 6.45) is 2.00. The second-order valence-corrected chi connectivity index (χ2v) is 7.27. The van der Waals surface area contributed by atoms with Crippen LogP contribution in [-0.2, 0) is 14.6 Å². The average molecular weight is 262 g/mol. The lowest BCUT2D eigenvalue weighted by Gasteiger charge is -2.30. The summed E-state index contributed by atoms with van der Waals surface area (Å²) < 4.78 is 22.9. The molecule has 1 saturated heterocycles. The first kappa shape index (κ1) is 14.4. The fourth-order valence-corrected chi connectivity index (χ4v) is 3.53. The molecule has 17 heavy (non-hydrogen) atoms. The molecular weight excluding hydrogens is 240 g/mol. The van der Waals surface area contributed by atoms with E-state index in [1.165, 1.54) is 0 Å². The molecule has 0 aromatic carbocycles. The molecule has 0 radical (unpaired) electrons. The van der Waals surface area contributed by atoms with Crippen molar-refractivity contribution in [2.24, 2.45) is 11.1 Å². The quantitative estimate of drug-likeness (QED) is 0.749. The Balaban J connectivity index is 2.63. The Bertz CT molecular complexity index is 374. The molecule has 2 unspecified atom stereocenters. The summed E-state index contributed by atoms with van der Waals surface area (Å²) in [5.74, 6) is 0.161. The van der Waals surface area contributed by atoms with Gasteiger partial charge in [-0.3, -0.25) is 4.79 Å². The van der Waals surface area contributed by atoms with Crippen molar-refractivity contribution in [3.8, 4) is 0 Å². The van der Waals surface area contributed by atoms with Gasteiger partial charge in [0.2, 0.25) is 5.91 Å². The van der Waals surface area contributed by atoms with E-state index in [-0.39, 0.29) is 30.0 Å². The SMILES string of the molecule is CCC(C)(CN)C(=O)NC1CCCS(=O)(=O)C1. The fourth-order valence-electron chi connectivity index (χ4n) is 1.89. The minimum Gasteiger partial charge on any atom is -0.352 e. The molecule has 100 valence electrons. The summed E-state index contributed by atoms with van der Waals surface area (Å²) in [6.45, 7) is 3.98. The van der Waals surface area contributed by atoms with Crippen LogP contribution in [0.25, 0.3) is 0 Å². The average Bonchev–Trinajstić information content (AvgIpc) is 2.26. The van der Waals surface area contributed by atoms with E-state index >= 15 is 0 Å². The van der Waals surface area contributed by atoms with Crippen molar-refractivity contribution in [1.29, 1.82) is 0 Å². The van der Waals surface area contributed by atoms with E-state index in [2.05, 4.69) is 5.32 Å². The number of rotatable bonds is 4. The van der Waals surface area contributed by atoms with E-state index in [1.54, 1.807) is 6.92 Å². The highest BCUT2D eigenvalue weighted by molar-refractivity contribution is 7.91. The molecule has 0 bridgehead atoms. The van der Waals surface area contributed by atoms with Crippen molar-refractivity contribution < 1.29 is 13.2 Å². The number of amides is 1. The van der Waals surface area contributed by atoms with Crippen LogP contribution in [0.2, 0.25) is 0 Å². The zero-order valence-electron chi connectivity index (χ0n) is 10.5. The number of sulfone groups is 1. The minimum absolute atomic E-state index is 0.0586. The smallest absolute Gasteiger partial charge is 0.227 e. The first-order valence-electron chi connectivity index (χ1n) is 6.04. The Labute approximate surface area is 103 Å². The minimum atomic E-state index is -2.98. The molecule has 3 N–H and O–H groups in total. The van der Waals surface area contributed by atoms with E-state index in [1.807, 2.05) is 6.92 Å². The van der Waals surface area contributed by atoms with Gasteiger partial charge in [0, 0.05) is 12.6 Å².